The van der Waals surface area contributed by atoms with Gasteiger partial charge in [-0.1, -0.05) is 29.8 Å². The third kappa shape index (κ3) is 5.37. The highest BCUT2D eigenvalue weighted by atomic mass is 32.2. The van der Waals surface area contributed by atoms with Gasteiger partial charge in [-0.15, -0.1) is 11.3 Å². The van der Waals surface area contributed by atoms with Crippen molar-refractivity contribution >= 4 is 27.3 Å². The number of carbonyl (C=O) groups excluding carboxylic acids is 1. The Morgan fingerprint density at radius 2 is 1.93 bits per heavy atom. The maximum atomic E-state index is 12.7. The van der Waals surface area contributed by atoms with Gasteiger partial charge in [-0.05, 0) is 25.3 Å². The Balaban J connectivity index is 1.56. The molecular formula is C19H25N3O3S2. The van der Waals surface area contributed by atoms with Crippen LogP contribution in [-0.2, 0) is 27.1 Å². The molecule has 0 unspecified atom stereocenters. The number of hydrogen-bond donors (Lipinski definition) is 1. The summed E-state index contributed by atoms with van der Waals surface area (Å²) in [5, 5.41) is 5.75. The molecule has 8 heteroatoms. The first-order chi connectivity index (χ1) is 12.8. The molecule has 1 fully saturated rings. The maximum absolute atomic E-state index is 12.7. The lowest BCUT2D eigenvalue weighted by atomic mass is 9.99. The molecule has 146 valence electrons. The second kappa shape index (κ2) is 8.50. The number of carbonyl (C=O) groups is 1. The van der Waals surface area contributed by atoms with Crippen molar-refractivity contribution in [3.8, 4) is 0 Å². The normalized spacial score (nSPS) is 16.4. The van der Waals surface area contributed by atoms with E-state index in [1.54, 1.807) is 15.6 Å². The third-order valence-corrected chi connectivity index (χ3v) is 7.66. The first-order valence-corrected chi connectivity index (χ1v) is 11.5. The van der Waals surface area contributed by atoms with Crippen LogP contribution in [-0.4, -0.2) is 36.7 Å². The molecule has 0 bridgehead atoms. The van der Waals surface area contributed by atoms with E-state index >= 15 is 0 Å². The molecule has 1 aromatic heterocycles. The fraction of sp³-hybridized carbons (Fsp3) is 0.474. The Morgan fingerprint density at radius 3 is 2.56 bits per heavy atom. The van der Waals surface area contributed by atoms with E-state index in [-0.39, 0.29) is 17.6 Å². The molecular weight excluding hydrogens is 382 g/mol. The number of aryl methyl sites for hydroxylation is 1. The van der Waals surface area contributed by atoms with Gasteiger partial charge in [-0.2, -0.15) is 0 Å². The summed E-state index contributed by atoms with van der Waals surface area (Å²) in [6, 6.07) is 7.65. The van der Waals surface area contributed by atoms with Gasteiger partial charge < -0.3 is 5.32 Å². The van der Waals surface area contributed by atoms with Crippen molar-refractivity contribution in [2.75, 3.05) is 13.1 Å². The summed E-state index contributed by atoms with van der Waals surface area (Å²) in [7, 11) is -3.30. The van der Waals surface area contributed by atoms with Gasteiger partial charge in [0.1, 0.15) is 0 Å². The minimum Gasteiger partial charge on any atom is -0.351 e. The Kier molecular flexibility index (Phi) is 6.29. The summed E-state index contributed by atoms with van der Waals surface area (Å²) in [5.41, 5.74) is 2.81. The molecule has 2 heterocycles. The van der Waals surface area contributed by atoms with Crippen LogP contribution in [0.4, 0.5) is 0 Å². The predicted octanol–water partition coefficient (Wildman–Crippen LogP) is 2.80. The van der Waals surface area contributed by atoms with E-state index in [1.165, 1.54) is 6.92 Å². The van der Waals surface area contributed by atoms with E-state index in [2.05, 4.69) is 10.3 Å². The van der Waals surface area contributed by atoms with E-state index in [1.807, 2.05) is 36.6 Å². The lowest BCUT2D eigenvalue weighted by Crippen LogP contribution is -2.38. The van der Waals surface area contributed by atoms with E-state index in [9.17, 15) is 13.2 Å². The highest BCUT2D eigenvalue weighted by Gasteiger charge is 2.30. The number of thiazole rings is 1. The van der Waals surface area contributed by atoms with E-state index in [4.69, 9.17) is 0 Å². The van der Waals surface area contributed by atoms with Crippen molar-refractivity contribution in [3.05, 3.63) is 51.5 Å². The zero-order valence-electron chi connectivity index (χ0n) is 15.6. The maximum Gasteiger partial charge on any atom is 0.218 e. The van der Waals surface area contributed by atoms with Gasteiger partial charge in [0.15, 0.2) is 0 Å². The minimum absolute atomic E-state index is 0.0516. The van der Waals surface area contributed by atoms with Gasteiger partial charge in [0.25, 0.3) is 0 Å². The molecule has 0 radical (unpaired) electrons. The SMILES string of the molecule is CC(=O)NCc1csc(C2CCN(S(=O)(=O)Cc3ccc(C)cc3)CC2)n1. The fourth-order valence-corrected chi connectivity index (χ4v) is 5.73. The summed E-state index contributed by atoms with van der Waals surface area (Å²) in [6.07, 6.45) is 1.56. The smallest absolute Gasteiger partial charge is 0.218 e. The van der Waals surface area contributed by atoms with Gasteiger partial charge in [0.05, 0.1) is 23.0 Å². The average Bonchev–Trinajstić information content (AvgIpc) is 3.11. The molecule has 0 saturated carbocycles. The molecule has 1 aliphatic heterocycles. The first kappa shape index (κ1) is 20.0. The predicted molar refractivity (Wildman–Crippen MR) is 107 cm³/mol. The molecule has 1 aromatic carbocycles. The summed E-state index contributed by atoms with van der Waals surface area (Å²) in [5.74, 6) is 0.263. The van der Waals surface area contributed by atoms with Crippen molar-refractivity contribution in [2.45, 2.75) is 44.9 Å². The van der Waals surface area contributed by atoms with Crippen LogP contribution in [0.5, 0.6) is 0 Å². The topological polar surface area (TPSA) is 79.4 Å². The summed E-state index contributed by atoms with van der Waals surface area (Å²) in [4.78, 5) is 15.6. The van der Waals surface area contributed by atoms with Gasteiger partial charge in [0.2, 0.25) is 15.9 Å². The van der Waals surface area contributed by atoms with Crippen LogP contribution in [0.25, 0.3) is 0 Å². The van der Waals surface area contributed by atoms with Crippen LogP contribution in [0.2, 0.25) is 0 Å². The Labute approximate surface area is 164 Å². The monoisotopic (exact) mass is 407 g/mol. The number of amides is 1. The molecule has 1 N–H and O–H groups in total. The summed E-state index contributed by atoms with van der Waals surface area (Å²) >= 11 is 1.59. The van der Waals surface area contributed by atoms with Crippen molar-refractivity contribution in [3.63, 3.8) is 0 Å². The quantitative estimate of drug-likeness (QED) is 0.799. The largest absolute Gasteiger partial charge is 0.351 e. The highest BCUT2D eigenvalue weighted by Crippen LogP contribution is 2.31. The van der Waals surface area contributed by atoms with Crippen LogP contribution in [0.3, 0.4) is 0 Å². The van der Waals surface area contributed by atoms with Crippen molar-refractivity contribution < 1.29 is 13.2 Å². The van der Waals surface area contributed by atoms with Gasteiger partial charge in [-0.3, -0.25) is 4.79 Å². The van der Waals surface area contributed by atoms with Gasteiger partial charge in [0, 0.05) is 31.3 Å². The van der Waals surface area contributed by atoms with Crippen LogP contribution in [0, 0.1) is 6.92 Å². The molecule has 6 nitrogen and oxygen atoms in total. The van der Waals surface area contributed by atoms with Crippen LogP contribution >= 0.6 is 11.3 Å². The summed E-state index contributed by atoms with van der Waals surface area (Å²) in [6.45, 7) is 4.97. The van der Waals surface area contributed by atoms with E-state index in [0.717, 1.165) is 34.7 Å². The molecule has 0 atom stereocenters. The second-order valence-corrected chi connectivity index (χ2v) is 9.86. The summed E-state index contributed by atoms with van der Waals surface area (Å²) < 4.78 is 27.0. The lowest BCUT2D eigenvalue weighted by Gasteiger charge is -2.30. The van der Waals surface area contributed by atoms with Crippen LogP contribution in [0.1, 0.15) is 47.5 Å². The average molecular weight is 408 g/mol. The number of rotatable bonds is 6. The number of nitrogens with zero attached hydrogens (tertiary/aromatic N) is 2. The Bertz CT molecular complexity index is 883. The molecule has 1 aliphatic rings. The second-order valence-electron chi connectivity index (χ2n) is 7.00. The first-order valence-electron chi connectivity index (χ1n) is 9.05. The van der Waals surface area contributed by atoms with Gasteiger partial charge in [-0.25, -0.2) is 17.7 Å². The molecule has 2 aromatic rings. The number of nitrogens with one attached hydrogen (secondary N) is 1. The van der Waals surface area contributed by atoms with Gasteiger partial charge >= 0.3 is 0 Å². The molecule has 27 heavy (non-hydrogen) atoms. The number of hydrogen-bond acceptors (Lipinski definition) is 5. The standard InChI is InChI=1S/C19H25N3O3S2/c1-14-3-5-16(6-4-14)13-27(24,25)22-9-7-17(8-10-22)19-21-18(12-26-19)11-20-15(2)23/h3-6,12,17H,7-11,13H2,1-2H3,(H,20,23). The van der Waals surface area contributed by atoms with Crippen LogP contribution < -0.4 is 5.32 Å². The minimum atomic E-state index is -3.30. The lowest BCUT2D eigenvalue weighted by molar-refractivity contribution is -0.119. The molecule has 3 rings (SSSR count). The third-order valence-electron chi connectivity index (χ3n) is 4.75. The van der Waals surface area contributed by atoms with Crippen LogP contribution in [0.15, 0.2) is 29.6 Å². The number of sulfonamides is 1. The Morgan fingerprint density at radius 1 is 1.26 bits per heavy atom. The zero-order valence-corrected chi connectivity index (χ0v) is 17.3. The fourth-order valence-electron chi connectivity index (χ4n) is 3.17. The number of benzene rings is 1. The highest BCUT2D eigenvalue weighted by molar-refractivity contribution is 7.88. The molecule has 1 saturated heterocycles. The van der Waals surface area contributed by atoms with Crippen molar-refractivity contribution in [1.82, 2.24) is 14.6 Å². The zero-order chi connectivity index (χ0) is 19.4. The van der Waals surface area contributed by atoms with Crippen molar-refractivity contribution in [2.24, 2.45) is 0 Å². The molecule has 0 spiro atoms. The van der Waals surface area contributed by atoms with E-state index < -0.39 is 10.0 Å². The van der Waals surface area contributed by atoms with E-state index in [0.29, 0.717) is 19.6 Å². The number of aromatic nitrogens is 1. The number of piperidine rings is 1. The molecule has 0 aliphatic carbocycles. The van der Waals surface area contributed by atoms with Crippen molar-refractivity contribution in [1.29, 1.82) is 0 Å². The Hall–Kier alpha value is -1.77. The molecule has 1 amide bonds.